The molecule has 16 rings (SSSR count). The molecule has 2 fully saturated rings. The van der Waals surface area contributed by atoms with Crippen molar-refractivity contribution in [3.05, 3.63) is 140 Å². The minimum Gasteiger partial charge on any atom is -0.490 e. The van der Waals surface area contributed by atoms with Gasteiger partial charge in [-0.15, -0.1) is 0 Å². The Balaban J connectivity index is 0.000000160. The van der Waals surface area contributed by atoms with Crippen molar-refractivity contribution in [1.29, 1.82) is 0 Å². The Morgan fingerprint density at radius 3 is 1.36 bits per heavy atom. The van der Waals surface area contributed by atoms with Gasteiger partial charge in [-0.2, -0.15) is 25.4 Å². The van der Waals surface area contributed by atoms with E-state index in [9.17, 15) is 26.4 Å². The molecule has 8 bridgehead atoms. The van der Waals surface area contributed by atoms with Crippen molar-refractivity contribution in [3.63, 3.8) is 0 Å². The number of nitrogens with zero attached hydrogens (tertiary/aromatic N) is 4. The number of methoxy groups -OCH3 is 2. The van der Waals surface area contributed by atoms with Crippen LogP contribution in [0.4, 0.5) is 11.4 Å². The lowest BCUT2D eigenvalue weighted by molar-refractivity contribution is -0.000559. The zero-order valence-electron chi connectivity index (χ0n) is 50.0. The number of hydrogen-bond donors (Lipinski definition) is 2. The molecule has 0 radical (unpaired) electrons. The predicted molar refractivity (Wildman–Crippen MR) is 334 cm³/mol. The molecule has 0 saturated heterocycles. The largest absolute Gasteiger partial charge is 0.490 e. The second-order valence-electron chi connectivity index (χ2n) is 26.5. The summed E-state index contributed by atoms with van der Waals surface area (Å²) in [5, 5.41) is 1.50. The molecule has 20 heteroatoms. The second-order valence-corrected chi connectivity index (χ2v) is 30.8. The Morgan fingerprint density at radius 2 is 0.988 bits per heavy atom. The van der Waals surface area contributed by atoms with Gasteiger partial charge in [-0.1, -0.05) is 47.5 Å². The molecular weight excluding hydrogens is 1170 g/mol. The van der Waals surface area contributed by atoms with Gasteiger partial charge < -0.3 is 28.7 Å². The normalized spacial score (nSPS) is 33.5. The van der Waals surface area contributed by atoms with Crippen LogP contribution in [0, 0.1) is 35.5 Å². The molecule has 6 aliphatic heterocycles. The highest BCUT2D eigenvalue weighted by atomic mass is 35.5. The summed E-state index contributed by atoms with van der Waals surface area (Å²) < 4.78 is 85.8. The average Bonchev–Trinajstić information content (AvgIpc) is 1.92. The molecule has 0 unspecified atom stereocenters. The standard InChI is InChI=1S/2C33H40ClN3O5S/c2*1-20-24-13-25(14-24)31(41-3)27-9-6-23(27)17-37-18-33(12-4-5-21-15-26(34)8-10-28(21)33)19-42-30-11-7-22(16-29(30)37)32(38)35-43(39,40)36(20)2/h2*7-8,10-11,13,15-16,20,23-24,27,31H,4-6,9,12,14,17-19H2,1-3H3,(H,35,38)/t20-,23-,24+,27+,31+,33-;20-,23-,24-,27+,31+,33-/m00/s1. The summed E-state index contributed by atoms with van der Waals surface area (Å²) >= 11 is 12.8. The number of benzene rings is 4. The van der Waals surface area contributed by atoms with E-state index < -0.39 is 32.2 Å². The molecule has 460 valence electrons. The lowest BCUT2D eigenvalue weighted by Gasteiger charge is -2.48. The molecule has 16 nitrogen and oxygen atoms in total. The Kier molecular flexibility index (Phi) is 16.0. The van der Waals surface area contributed by atoms with Gasteiger partial charge in [0.1, 0.15) is 11.5 Å². The number of carbonyl (C=O) groups excluding carboxylic acids is 2. The molecule has 2 N–H and O–H groups in total. The third-order valence-electron chi connectivity index (χ3n) is 21.9. The van der Waals surface area contributed by atoms with Crippen molar-refractivity contribution in [2.75, 3.05) is 77.5 Å². The van der Waals surface area contributed by atoms with Gasteiger partial charge in [0.2, 0.25) is 0 Å². The van der Waals surface area contributed by atoms with E-state index in [2.05, 4.69) is 55.7 Å². The molecule has 0 aromatic heterocycles. The van der Waals surface area contributed by atoms with Crippen LogP contribution in [0.3, 0.4) is 0 Å². The first-order valence-corrected chi connectivity index (χ1v) is 34.5. The van der Waals surface area contributed by atoms with Crippen LogP contribution in [-0.2, 0) is 53.6 Å². The van der Waals surface area contributed by atoms with Gasteiger partial charge >= 0.3 is 20.4 Å². The van der Waals surface area contributed by atoms with Gasteiger partial charge in [0.05, 0.1) is 36.8 Å². The summed E-state index contributed by atoms with van der Waals surface area (Å²) in [4.78, 5) is 31.6. The average molecular weight is 1250 g/mol. The van der Waals surface area contributed by atoms with Crippen LogP contribution in [0.1, 0.15) is 121 Å². The monoisotopic (exact) mass is 1250 g/mol. The van der Waals surface area contributed by atoms with Gasteiger partial charge in [0.25, 0.3) is 11.8 Å². The maximum atomic E-state index is 13.4. The molecule has 12 aliphatic rings. The van der Waals surface area contributed by atoms with Crippen molar-refractivity contribution in [2.45, 2.75) is 126 Å². The number of carbonyl (C=O) groups is 2. The van der Waals surface area contributed by atoms with E-state index in [1.807, 2.05) is 50.2 Å². The number of amides is 2. The summed E-state index contributed by atoms with van der Waals surface area (Å²) in [5.41, 5.74) is 9.43. The number of nitrogens with one attached hydrogen (secondary N) is 2. The molecule has 4 aromatic carbocycles. The highest BCUT2D eigenvalue weighted by Gasteiger charge is 2.50. The first kappa shape index (κ1) is 59.8. The quantitative estimate of drug-likeness (QED) is 0.182. The van der Waals surface area contributed by atoms with Crippen LogP contribution in [0.5, 0.6) is 11.5 Å². The zero-order chi connectivity index (χ0) is 60.2. The SMILES string of the molecule is CO[C@@H]1C2=C[C@@H](C2)[C@H](C)N(C)S(=O)(=O)NC(=O)c2ccc3c(c2)N(C[C@@H]2CC[C@H]21)C[C@@]1(CCCc2cc(Cl)ccc21)CO3.CO[C@@H]1C2=C[C@H](C2)[C@H](C)N(C)S(=O)(=O)NC(=O)c2ccc3c(c2)N(C[C@@H]2CC[C@H]21)C[C@@]1(CCCc2cc(Cl)ccc21)CO3. The van der Waals surface area contributed by atoms with E-state index in [0.717, 1.165) is 125 Å². The van der Waals surface area contributed by atoms with Gasteiger partial charge in [0, 0.05) is 98.6 Å². The van der Waals surface area contributed by atoms with Crippen LogP contribution < -0.4 is 28.7 Å². The topological polar surface area (TPSA) is 176 Å². The van der Waals surface area contributed by atoms with E-state index in [1.165, 1.54) is 56.1 Å². The minimum absolute atomic E-state index is 0.0252. The van der Waals surface area contributed by atoms with E-state index >= 15 is 0 Å². The van der Waals surface area contributed by atoms with E-state index in [1.54, 1.807) is 26.4 Å². The van der Waals surface area contributed by atoms with Crippen molar-refractivity contribution >= 4 is 66.8 Å². The second kappa shape index (κ2) is 23.0. The van der Waals surface area contributed by atoms with Crippen molar-refractivity contribution < 1.29 is 45.4 Å². The summed E-state index contributed by atoms with van der Waals surface area (Å²) in [6, 6.07) is 22.5. The predicted octanol–water partition coefficient (Wildman–Crippen LogP) is 10.2. The number of rotatable bonds is 2. The van der Waals surface area contributed by atoms with Crippen LogP contribution in [0.25, 0.3) is 0 Å². The van der Waals surface area contributed by atoms with Gasteiger partial charge in [0.15, 0.2) is 0 Å². The number of ether oxygens (including phenoxy) is 4. The number of aryl methyl sites for hydroxylation is 2. The van der Waals surface area contributed by atoms with E-state index in [-0.39, 0.29) is 47.0 Å². The third-order valence-corrected chi connectivity index (χ3v) is 25.4. The Hall–Kier alpha value is -5.18. The molecular formula is C66H80Cl2N6O10S2. The minimum atomic E-state index is -4.05. The van der Waals surface area contributed by atoms with Crippen molar-refractivity contribution in [3.8, 4) is 11.5 Å². The first-order chi connectivity index (χ1) is 41.2. The Morgan fingerprint density at radius 1 is 0.581 bits per heavy atom. The van der Waals surface area contributed by atoms with Crippen molar-refractivity contribution in [1.82, 2.24) is 18.1 Å². The van der Waals surface area contributed by atoms with E-state index in [0.29, 0.717) is 59.5 Å². The van der Waals surface area contributed by atoms with Crippen LogP contribution in [0.2, 0.25) is 10.0 Å². The van der Waals surface area contributed by atoms with Crippen LogP contribution in [-0.4, -0.2) is 129 Å². The van der Waals surface area contributed by atoms with Gasteiger partial charge in [-0.05, 0) is 220 Å². The fourth-order valence-electron chi connectivity index (χ4n) is 16.3. The van der Waals surface area contributed by atoms with Crippen molar-refractivity contribution in [2.24, 2.45) is 35.5 Å². The van der Waals surface area contributed by atoms with E-state index in [4.69, 9.17) is 42.1 Å². The first-order valence-electron chi connectivity index (χ1n) is 30.9. The molecule has 86 heavy (non-hydrogen) atoms. The molecule has 2 spiro atoms. The summed E-state index contributed by atoms with van der Waals surface area (Å²) in [6.07, 6.45) is 16.5. The number of anilines is 2. The Labute approximate surface area is 517 Å². The highest BCUT2D eigenvalue weighted by molar-refractivity contribution is 7.88. The third kappa shape index (κ3) is 10.7. The maximum Gasteiger partial charge on any atom is 0.304 e. The van der Waals surface area contributed by atoms with Gasteiger partial charge in [-0.25, -0.2) is 9.44 Å². The van der Waals surface area contributed by atoms with Crippen LogP contribution in [0.15, 0.2) is 96.1 Å². The summed E-state index contributed by atoms with van der Waals surface area (Å²) in [6.45, 7) is 7.93. The lowest BCUT2D eigenvalue weighted by Crippen LogP contribution is -2.51. The highest BCUT2D eigenvalue weighted by Crippen LogP contribution is 2.52. The zero-order valence-corrected chi connectivity index (χ0v) is 53.2. The number of fused-ring (bicyclic) bond motifs is 12. The molecule has 4 aromatic rings. The molecule has 2 amide bonds. The smallest absolute Gasteiger partial charge is 0.304 e. The number of hydrogen-bond acceptors (Lipinski definition) is 12. The van der Waals surface area contributed by atoms with Crippen LogP contribution >= 0.6 is 23.2 Å². The summed E-state index contributed by atoms with van der Waals surface area (Å²) in [7, 11) is -1.45. The molecule has 6 aliphatic carbocycles. The lowest BCUT2D eigenvalue weighted by atomic mass is 9.65. The molecule has 2 saturated carbocycles. The fourth-order valence-corrected chi connectivity index (χ4v) is 18.8. The fraction of sp³-hybridized carbons (Fsp3) is 0.545. The number of halogens is 2. The van der Waals surface area contributed by atoms with Gasteiger partial charge in [-0.3, -0.25) is 9.59 Å². The molecule has 12 atom stereocenters. The maximum absolute atomic E-state index is 13.4. The Bertz CT molecular complexity index is 3420. The molecule has 6 heterocycles. The summed E-state index contributed by atoms with van der Waals surface area (Å²) in [5.74, 6) is 1.91.